The van der Waals surface area contributed by atoms with Crippen LogP contribution >= 0.6 is 0 Å². The first-order valence-electron chi connectivity index (χ1n) is 11.0. The van der Waals surface area contributed by atoms with Crippen LogP contribution in [-0.4, -0.2) is 24.7 Å². The Morgan fingerprint density at radius 1 is 0.742 bits per heavy atom. The van der Waals surface area contributed by atoms with Crippen LogP contribution in [0.2, 0.25) is 0 Å². The van der Waals surface area contributed by atoms with Crippen molar-refractivity contribution >= 4 is 21.8 Å². The van der Waals surface area contributed by atoms with Crippen molar-refractivity contribution in [3.63, 3.8) is 0 Å². The summed E-state index contributed by atoms with van der Waals surface area (Å²) in [5.41, 5.74) is 6.20. The molecular formula is C26H24N4O. The van der Waals surface area contributed by atoms with Crippen LogP contribution < -0.4 is 0 Å². The summed E-state index contributed by atoms with van der Waals surface area (Å²) in [6.45, 7) is 0. The lowest BCUT2D eigenvalue weighted by atomic mass is 9.99. The van der Waals surface area contributed by atoms with Crippen LogP contribution in [0, 0.1) is 0 Å². The predicted molar refractivity (Wildman–Crippen MR) is 123 cm³/mol. The molecule has 1 aliphatic rings. The standard InChI is InChI=1S/C26H24N4O/c31-25-13-3-1-2-10-22-26(25)30(28-27-22)19-16-14-18(15-17-19)29-23-11-6-4-8-20(23)21-9-5-7-12-24(21)29/h4-9,11-12,14-17,25,31H,1-3,10,13H2. The third-order valence-corrected chi connectivity index (χ3v) is 6.42. The van der Waals surface area contributed by atoms with Crippen LogP contribution in [0.3, 0.4) is 0 Å². The highest BCUT2D eigenvalue weighted by Gasteiger charge is 2.23. The van der Waals surface area contributed by atoms with Gasteiger partial charge in [0.25, 0.3) is 0 Å². The first-order chi connectivity index (χ1) is 15.3. The van der Waals surface area contributed by atoms with Crippen LogP contribution in [0.4, 0.5) is 0 Å². The number of nitrogens with zero attached hydrogens (tertiary/aromatic N) is 4. The fraction of sp³-hybridized carbons (Fsp3) is 0.231. The monoisotopic (exact) mass is 408 g/mol. The van der Waals surface area contributed by atoms with Gasteiger partial charge < -0.3 is 9.67 Å². The highest BCUT2D eigenvalue weighted by molar-refractivity contribution is 6.09. The molecule has 0 radical (unpaired) electrons. The SMILES string of the molecule is OC1CCCCCc2nnn(-c3ccc(-n4c5ccccc5c5ccccc54)cc3)c21. The molecule has 2 aromatic heterocycles. The summed E-state index contributed by atoms with van der Waals surface area (Å²) in [7, 11) is 0. The molecular weight excluding hydrogens is 384 g/mol. The number of aromatic nitrogens is 4. The second kappa shape index (κ2) is 7.36. The Hall–Kier alpha value is -3.44. The van der Waals surface area contributed by atoms with Crippen molar-refractivity contribution in [3.05, 3.63) is 84.2 Å². The smallest absolute Gasteiger partial charge is 0.0980 e. The number of aliphatic hydroxyl groups is 1. The number of aryl methyl sites for hydroxylation is 1. The third kappa shape index (κ3) is 2.96. The Bertz CT molecular complexity index is 1330. The topological polar surface area (TPSA) is 55.9 Å². The molecule has 0 spiro atoms. The fourth-order valence-corrected chi connectivity index (χ4v) is 4.91. The van der Waals surface area contributed by atoms with Crippen molar-refractivity contribution in [3.8, 4) is 11.4 Å². The molecule has 6 rings (SSSR count). The summed E-state index contributed by atoms with van der Waals surface area (Å²) in [6.07, 6.45) is 4.41. The largest absolute Gasteiger partial charge is 0.387 e. The van der Waals surface area contributed by atoms with E-state index in [1.807, 2.05) is 4.68 Å². The Morgan fingerprint density at radius 3 is 2.10 bits per heavy atom. The van der Waals surface area contributed by atoms with Crippen LogP contribution in [0.25, 0.3) is 33.2 Å². The summed E-state index contributed by atoms with van der Waals surface area (Å²) in [5, 5.41) is 22.0. The van der Waals surface area contributed by atoms with Gasteiger partial charge in [0.1, 0.15) is 0 Å². The van der Waals surface area contributed by atoms with Gasteiger partial charge in [-0.25, -0.2) is 4.68 Å². The van der Waals surface area contributed by atoms with Gasteiger partial charge in [-0.15, -0.1) is 5.10 Å². The molecule has 0 fully saturated rings. The molecule has 31 heavy (non-hydrogen) atoms. The van der Waals surface area contributed by atoms with Crippen LogP contribution in [0.15, 0.2) is 72.8 Å². The second-order valence-corrected chi connectivity index (χ2v) is 8.33. The van der Waals surface area contributed by atoms with Crippen molar-refractivity contribution in [1.82, 2.24) is 19.6 Å². The van der Waals surface area contributed by atoms with E-state index in [1.54, 1.807) is 0 Å². The number of para-hydroxylation sites is 2. The van der Waals surface area contributed by atoms with E-state index in [-0.39, 0.29) is 0 Å². The molecule has 5 nitrogen and oxygen atoms in total. The van der Waals surface area contributed by atoms with E-state index in [4.69, 9.17) is 0 Å². The van der Waals surface area contributed by atoms with Gasteiger partial charge in [0, 0.05) is 16.5 Å². The molecule has 1 atom stereocenters. The lowest BCUT2D eigenvalue weighted by Crippen LogP contribution is -2.11. The minimum absolute atomic E-state index is 0.512. The van der Waals surface area contributed by atoms with E-state index in [0.717, 1.165) is 54.9 Å². The van der Waals surface area contributed by atoms with Crippen LogP contribution in [0.1, 0.15) is 43.2 Å². The Kier molecular flexibility index (Phi) is 4.35. The lowest BCUT2D eigenvalue weighted by molar-refractivity contribution is 0.152. The summed E-state index contributed by atoms with van der Waals surface area (Å²) >= 11 is 0. The maximum Gasteiger partial charge on any atom is 0.0980 e. The summed E-state index contributed by atoms with van der Waals surface area (Å²) in [5.74, 6) is 0. The number of fused-ring (bicyclic) bond motifs is 4. The number of hydrogen-bond donors (Lipinski definition) is 1. The molecule has 0 saturated carbocycles. The molecule has 1 unspecified atom stereocenters. The number of rotatable bonds is 2. The number of hydrogen-bond acceptors (Lipinski definition) is 3. The van der Waals surface area contributed by atoms with Crippen molar-refractivity contribution in [2.24, 2.45) is 0 Å². The second-order valence-electron chi connectivity index (χ2n) is 8.33. The van der Waals surface area contributed by atoms with E-state index in [2.05, 4.69) is 87.7 Å². The van der Waals surface area contributed by atoms with Gasteiger partial charge in [-0.2, -0.15) is 0 Å². The Balaban J connectivity index is 1.47. The van der Waals surface area contributed by atoms with Gasteiger partial charge in [0.2, 0.25) is 0 Å². The van der Waals surface area contributed by atoms with Gasteiger partial charge >= 0.3 is 0 Å². The average Bonchev–Trinajstić information content (AvgIpc) is 3.37. The van der Waals surface area contributed by atoms with E-state index < -0.39 is 6.10 Å². The minimum Gasteiger partial charge on any atom is -0.387 e. The van der Waals surface area contributed by atoms with Gasteiger partial charge in [0.15, 0.2) is 0 Å². The maximum atomic E-state index is 10.7. The Labute approximate surface area is 180 Å². The molecule has 0 aliphatic heterocycles. The van der Waals surface area contributed by atoms with Gasteiger partial charge in [-0.05, 0) is 55.7 Å². The van der Waals surface area contributed by atoms with Gasteiger partial charge in [-0.3, -0.25) is 0 Å². The van der Waals surface area contributed by atoms with Crippen LogP contribution in [-0.2, 0) is 6.42 Å². The molecule has 5 aromatic rings. The van der Waals surface area contributed by atoms with Crippen molar-refractivity contribution < 1.29 is 5.11 Å². The van der Waals surface area contributed by atoms with E-state index in [0.29, 0.717) is 0 Å². The van der Waals surface area contributed by atoms with Crippen molar-refractivity contribution in [1.29, 1.82) is 0 Å². The summed E-state index contributed by atoms with van der Waals surface area (Å²) in [4.78, 5) is 0. The fourth-order valence-electron chi connectivity index (χ4n) is 4.91. The van der Waals surface area contributed by atoms with Crippen LogP contribution in [0.5, 0.6) is 0 Å². The van der Waals surface area contributed by atoms with Gasteiger partial charge in [0.05, 0.1) is 34.2 Å². The summed E-state index contributed by atoms with van der Waals surface area (Å²) in [6, 6.07) is 25.4. The quantitative estimate of drug-likeness (QED) is 0.419. The zero-order valence-electron chi connectivity index (χ0n) is 17.3. The number of aliphatic hydroxyl groups excluding tert-OH is 1. The first-order valence-corrected chi connectivity index (χ1v) is 11.0. The predicted octanol–water partition coefficient (Wildman–Crippen LogP) is 5.51. The van der Waals surface area contributed by atoms with Gasteiger partial charge in [-0.1, -0.05) is 54.5 Å². The van der Waals surface area contributed by atoms with Crippen molar-refractivity contribution in [2.75, 3.05) is 0 Å². The molecule has 1 aliphatic carbocycles. The van der Waals surface area contributed by atoms with E-state index in [9.17, 15) is 5.11 Å². The molecule has 0 saturated heterocycles. The number of benzene rings is 3. The molecule has 2 heterocycles. The molecule has 3 aromatic carbocycles. The molecule has 5 heteroatoms. The van der Waals surface area contributed by atoms with E-state index in [1.165, 1.54) is 21.8 Å². The molecule has 0 bridgehead atoms. The normalized spacial score (nSPS) is 16.9. The van der Waals surface area contributed by atoms with E-state index >= 15 is 0 Å². The lowest BCUT2D eigenvalue weighted by Gasteiger charge is -2.17. The highest BCUT2D eigenvalue weighted by Crippen LogP contribution is 2.33. The molecule has 1 N–H and O–H groups in total. The first kappa shape index (κ1) is 18.3. The zero-order valence-corrected chi connectivity index (χ0v) is 17.3. The maximum absolute atomic E-state index is 10.7. The minimum atomic E-state index is -0.512. The molecule has 154 valence electrons. The van der Waals surface area contributed by atoms with Crippen molar-refractivity contribution in [2.45, 2.75) is 38.2 Å². The third-order valence-electron chi connectivity index (χ3n) is 6.42. The summed E-state index contributed by atoms with van der Waals surface area (Å²) < 4.78 is 4.12. The highest BCUT2D eigenvalue weighted by atomic mass is 16.3. The Morgan fingerprint density at radius 2 is 1.39 bits per heavy atom. The average molecular weight is 409 g/mol. The molecule has 0 amide bonds. The zero-order chi connectivity index (χ0) is 20.8.